The Labute approximate surface area is 131 Å². The highest BCUT2D eigenvalue weighted by atomic mass is 35.5. The van der Waals surface area contributed by atoms with Gasteiger partial charge in [0, 0.05) is 6.26 Å². The molecule has 0 bridgehead atoms. The summed E-state index contributed by atoms with van der Waals surface area (Å²) in [7, 11) is -3.52. The lowest BCUT2D eigenvalue weighted by Crippen LogP contribution is -2.30. The molecule has 0 saturated heterocycles. The first-order chi connectivity index (χ1) is 10.3. The van der Waals surface area contributed by atoms with Crippen LogP contribution in [0.5, 0.6) is 5.75 Å². The summed E-state index contributed by atoms with van der Waals surface area (Å²) < 4.78 is 27.9. The highest BCUT2D eigenvalue weighted by molar-refractivity contribution is 7.90. The number of aromatic nitrogens is 3. The Kier molecular flexibility index (Phi) is 4.67. The molecule has 1 amide bonds. The number of H-pyrrole nitrogens is 1. The van der Waals surface area contributed by atoms with E-state index >= 15 is 0 Å². The first-order valence-corrected chi connectivity index (χ1v) is 8.39. The second kappa shape index (κ2) is 6.32. The molecule has 2 N–H and O–H groups in total. The van der Waals surface area contributed by atoms with Crippen LogP contribution in [-0.4, -0.2) is 41.9 Å². The maximum Gasteiger partial charge on any atom is 0.267 e. The molecule has 1 aromatic carbocycles. The van der Waals surface area contributed by atoms with Gasteiger partial charge in [-0.25, -0.2) is 13.5 Å². The van der Waals surface area contributed by atoms with E-state index in [4.69, 9.17) is 16.3 Å². The number of nitrogens with one attached hydrogen (secondary N) is 2. The molecule has 2 aromatic rings. The van der Waals surface area contributed by atoms with Crippen molar-refractivity contribution in [2.75, 3.05) is 11.6 Å². The van der Waals surface area contributed by atoms with E-state index in [9.17, 15) is 13.2 Å². The summed E-state index contributed by atoms with van der Waals surface area (Å²) in [5.41, 5.74) is 0. The number of nitrogens with zero attached hydrogens (tertiary/aromatic N) is 2. The molecule has 1 aromatic heterocycles. The fourth-order valence-corrected chi connectivity index (χ4v) is 2.11. The van der Waals surface area contributed by atoms with Gasteiger partial charge in [-0.05, 0) is 19.1 Å². The SMILES string of the molecule is C[C@@H](Oc1ccccc1Cl)C(=O)Nc1n[nH]c(S(C)(=O)=O)n1. The Balaban J connectivity index is 2.03. The molecule has 0 aliphatic heterocycles. The number of carbonyl (C=O) groups excluding carboxylic acids is 1. The molecular weight excluding hydrogens is 332 g/mol. The van der Waals surface area contributed by atoms with Crippen LogP contribution in [0.4, 0.5) is 5.95 Å². The molecular formula is C12H13ClN4O4S. The second-order valence-electron chi connectivity index (χ2n) is 4.42. The van der Waals surface area contributed by atoms with Gasteiger partial charge in [0.1, 0.15) is 5.75 Å². The number of rotatable bonds is 5. The van der Waals surface area contributed by atoms with Crippen molar-refractivity contribution in [2.45, 2.75) is 18.2 Å². The molecule has 22 heavy (non-hydrogen) atoms. The number of ether oxygens (including phenoxy) is 1. The van der Waals surface area contributed by atoms with Crippen LogP contribution in [-0.2, 0) is 14.6 Å². The minimum Gasteiger partial charge on any atom is -0.479 e. The summed E-state index contributed by atoms with van der Waals surface area (Å²) >= 11 is 5.93. The molecule has 0 aliphatic rings. The third-order valence-electron chi connectivity index (χ3n) is 2.56. The number of carbonyl (C=O) groups is 1. The molecule has 1 heterocycles. The number of halogens is 1. The summed E-state index contributed by atoms with van der Waals surface area (Å²) in [6.45, 7) is 1.52. The van der Waals surface area contributed by atoms with Crippen molar-refractivity contribution in [1.29, 1.82) is 0 Å². The second-order valence-corrected chi connectivity index (χ2v) is 6.75. The number of hydrogen-bond donors (Lipinski definition) is 2. The van der Waals surface area contributed by atoms with Crippen LogP contribution >= 0.6 is 11.6 Å². The van der Waals surface area contributed by atoms with Crippen LogP contribution in [0, 0.1) is 0 Å². The average molecular weight is 345 g/mol. The average Bonchev–Trinajstić information content (AvgIpc) is 2.89. The smallest absolute Gasteiger partial charge is 0.267 e. The van der Waals surface area contributed by atoms with Crippen LogP contribution in [0.2, 0.25) is 5.02 Å². The molecule has 10 heteroatoms. The Morgan fingerprint density at radius 3 is 2.68 bits per heavy atom. The predicted octanol–water partition coefficient (Wildman–Crippen LogP) is 1.27. The van der Waals surface area contributed by atoms with Crippen LogP contribution in [0.15, 0.2) is 29.4 Å². The van der Waals surface area contributed by atoms with Gasteiger partial charge in [0.25, 0.3) is 5.91 Å². The predicted molar refractivity (Wildman–Crippen MR) is 79.7 cm³/mol. The van der Waals surface area contributed by atoms with E-state index in [0.717, 1.165) is 6.26 Å². The Morgan fingerprint density at radius 1 is 1.41 bits per heavy atom. The minimum absolute atomic E-state index is 0.153. The molecule has 118 valence electrons. The van der Waals surface area contributed by atoms with E-state index < -0.39 is 21.8 Å². The number of anilines is 1. The maximum atomic E-state index is 12.0. The standard InChI is InChI=1S/C12H13ClN4O4S/c1-7(21-9-6-4-3-5-8(9)13)10(18)14-11-15-12(17-16-11)22(2,19)20/h3-7H,1-2H3,(H2,14,15,16,17,18)/t7-/m1/s1. The zero-order valence-electron chi connectivity index (χ0n) is 11.7. The van der Waals surface area contributed by atoms with Crippen molar-refractivity contribution in [3.63, 3.8) is 0 Å². The van der Waals surface area contributed by atoms with Gasteiger partial charge in [-0.1, -0.05) is 23.7 Å². The van der Waals surface area contributed by atoms with Crippen molar-refractivity contribution in [1.82, 2.24) is 15.2 Å². The maximum absolute atomic E-state index is 12.0. The van der Waals surface area contributed by atoms with Gasteiger partial charge < -0.3 is 4.74 Å². The number of amides is 1. The van der Waals surface area contributed by atoms with Gasteiger partial charge in [-0.2, -0.15) is 4.98 Å². The van der Waals surface area contributed by atoms with Crippen molar-refractivity contribution < 1.29 is 17.9 Å². The molecule has 1 atom stereocenters. The molecule has 0 radical (unpaired) electrons. The Hall–Kier alpha value is -2.13. The summed E-state index contributed by atoms with van der Waals surface area (Å²) in [5, 5.41) is 8.22. The zero-order chi connectivity index (χ0) is 16.3. The van der Waals surface area contributed by atoms with Crippen LogP contribution < -0.4 is 10.1 Å². The topological polar surface area (TPSA) is 114 Å². The van der Waals surface area contributed by atoms with Crippen molar-refractivity contribution in [3.8, 4) is 5.75 Å². The largest absolute Gasteiger partial charge is 0.479 e. The molecule has 0 fully saturated rings. The summed E-state index contributed by atoms with van der Waals surface area (Å²) in [6, 6.07) is 6.72. The lowest BCUT2D eigenvalue weighted by molar-refractivity contribution is -0.122. The fraction of sp³-hybridized carbons (Fsp3) is 0.250. The minimum atomic E-state index is -3.52. The molecule has 0 unspecified atom stereocenters. The highest BCUT2D eigenvalue weighted by Gasteiger charge is 2.19. The van der Waals surface area contributed by atoms with E-state index in [1.165, 1.54) is 6.92 Å². The van der Waals surface area contributed by atoms with E-state index in [0.29, 0.717) is 10.8 Å². The van der Waals surface area contributed by atoms with Crippen molar-refractivity contribution in [3.05, 3.63) is 29.3 Å². The summed E-state index contributed by atoms with van der Waals surface area (Å²) in [5.74, 6) is -0.336. The summed E-state index contributed by atoms with van der Waals surface area (Å²) in [6.07, 6.45) is 0.0995. The molecule has 0 spiro atoms. The van der Waals surface area contributed by atoms with Gasteiger partial charge in [0.2, 0.25) is 20.9 Å². The van der Waals surface area contributed by atoms with Crippen molar-refractivity contribution >= 4 is 33.3 Å². The zero-order valence-corrected chi connectivity index (χ0v) is 13.3. The third kappa shape index (κ3) is 3.95. The van der Waals surface area contributed by atoms with Gasteiger partial charge in [0.15, 0.2) is 6.10 Å². The van der Waals surface area contributed by atoms with Crippen LogP contribution in [0.25, 0.3) is 0 Å². The number of para-hydroxylation sites is 1. The number of benzene rings is 1. The van der Waals surface area contributed by atoms with E-state index in [2.05, 4.69) is 20.5 Å². The third-order valence-corrected chi connectivity index (χ3v) is 3.76. The van der Waals surface area contributed by atoms with Gasteiger partial charge in [-0.3, -0.25) is 10.1 Å². The molecule has 0 aliphatic carbocycles. The van der Waals surface area contributed by atoms with Gasteiger partial charge in [0.05, 0.1) is 5.02 Å². The van der Waals surface area contributed by atoms with Crippen molar-refractivity contribution in [2.24, 2.45) is 0 Å². The van der Waals surface area contributed by atoms with Crippen LogP contribution in [0.3, 0.4) is 0 Å². The highest BCUT2D eigenvalue weighted by Crippen LogP contribution is 2.24. The molecule has 2 rings (SSSR count). The number of sulfone groups is 1. The van der Waals surface area contributed by atoms with Crippen LogP contribution in [0.1, 0.15) is 6.92 Å². The Morgan fingerprint density at radius 2 is 2.09 bits per heavy atom. The van der Waals surface area contributed by atoms with E-state index in [1.807, 2.05) is 0 Å². The quantitative estimate of drug-likeness (QED) is 0.844. The normalized spacial score (nSPS) is 12.7. The lowest BCUT2D eigenvalue weighted by atomic mass is 10.3. The Bertz CT molecular complexity index is 790. The molecule has 0 saturated carbocycles. The lowest BCUT2D eigenvalue weighted by Gasteiger charge is -2.14. The van der Waals surface area contributed by atoms with E-state index in [-0.39, 0.29) is 11.1 Å². The first-order valence-electron chi connectivity index (χ1n) is 6.12. The fourth-order valence-electron chi connectivity index (χ4n) is 1.46. The van der Waals surface area contributed by atoms with Gasteiger partial charge in [-0.15, -0.1) is 5.10 Å². The van der Waals surface area contributed by atoms with E-state index in [1.54, 1.807) is 24.3 Å². The monoisotopic (exact) mass is 344 g/mol. The first kappa shape index (κ1) is 16.2. The number of hydrogen-bond acceptors (Lipinski definition) is 6. The number of aromatic amines is 1. The summed E-state index contributed by atoms with van der Waals surface area (Å²) in [4.78, 5) is 15.6. The van der Waals surface area contributed by atoms with Gasteiger partial charge >= 0.3 is 0 Å². The molecule has 8 nitrogen and oxygen atoms in total.